The lowest BCUT2D eigenvalue weighted by Gasteiger charge is -2.34. The molecule has 206 valence electrons. The number of anilines is 3. The van der Waals surface area contributed by atoms with Crippen LogP contribution in [0.5, 0.6) is 0 Å². The van der Waals surface area contributed by atoms with Gasteiger partial charge in [0.25, 0.3) is 0 Å². The van der Waals surface area contributed by atoms with Crippen LogP contribution in [-0.4, -0.2) is 60.8 Å². The summed E-state index contributed by atoms with van der Waals surface area (Å²) in [4.78, 5) is 17.6. The molecule has 2 aliphatic heterocycles. The Bertz CT molecular complexity index is 1210. The van der Waals surface area contributed by atoms with Gasteiger partial charge in [-0.25, -0.2) is 0 Å². The molecule has 8 heteroatoms. The molecular formula is C31H38N4O2S2. The Morgan fingerprint density at radius 1 is 1.10 bits per heavy atom. The van der Waals surface area contributed by atoms with Gasteiger partial charge in [-0.15, -0.1) is 11.8 Å². The normalized spacial score (nSPS) is 17.3. The van der Waals surface area contributed by atoms with Crippen LogP contribution in [0.3, 0.4) is 0 Å². The van der Waals surface area contributed by atoms with Crippen LogP contribution >= 0.6 is 23.5 Å². The number of carbonyl (C=O) groups is 1. The lowest BCUT2D eigenvalue weighted by atomic mass is 10.1. The Morgan fingerprint density at radius 2 is 1.82 bits per heavy atom. The van der Waals surface area contributed by atoms with Crippen molar-refractivity contribution in [3.63, 3.8) is 0 Å². The van der Waals surface area contributed by atoms with Gasteiger partial charge in [-0.2, -0.15) is 0 Å². The van der Waals surface area contributed by atoms with E-state index in [0.717, 1.165) is 55.0 Å². The van der Waals surface area contributed by atoms with Gasteiger partial charge in [0, 0.05) is 53.8 Å². The molecule has 3 aromatic rings. The minimum absolute atomic E-state index is 0.160. The van der Waals surface area contributed by atoms with Crippen molar-refractivity contribution < 1.29 is 9.90 Å². The third kappa shape index (κ3) is 8.29. The first kappa shape index (κ1) is 29.1. The topological polar surface area (TPSA) is 67.8 Å². The van der Waals surface area contributed by atoms with Gasteiger partial charge in [0.1, 0.15) is 11.8 Å². The fraction of sp³-hybridized carbons (Fsp3) is 0.323. The number of nitrogens with one attached hydrogen (secondary N) is 2. The maximum Gasteiger partial charge on any atom is 0.150 e. The number of rotatable bonds is 9. The molecule has 2 aliphatic rings. The van der Waals surface area contributed by atoms with E-state index in [2.05, 4.69) is 83.4 Å². The number of fused-ring (bicyclic) bond motifs is 1. The van der Waals surface area contributed by atoms with Gasteiger partial charge in [-0.05, 0) is 66.4 Å². The molecular weight excluding hydrogens is 525 g/mol. The van der Waals surface area contributed by atoms with Crippen molar-refractivity contribution in [1.82, 2.24) is 4.90 Å². The minimum Gasteiger partial charge on any atom is -0.388 e. The Morgan fingerprint density at radius 3 is 2.46 bits per heavy atom. The molecule has 2 heterocycles. The summed E-state index contributed by atoms with van der Waals surface area (Å²) in [6.45, 7) is 10.4. The molecule has 39 heavy (non-hydrogen) atoms. The summed E-state index contributed by atoms with van der Waals surface area (Å²) >= 11 is 3.60. The number of aliphatic hydroxyl groups excluding tert-OH is 1. The largest absolute Gasteiger partial charge is 0.388 e. The van der Waals surface area contributed by atoms with Crippen LogP contribution in [0.25, 0.3) is 6.08 Å². The Balaban J connectivity index is 0.000000215. The number of carbonyl (C=O) groups excluding carboxylic acids is 1. The highest BCUT2D eigenvalue weighted by molar-refractivity contribution is 8.00. The molecule has 0 aliphatic carbocycles. The summed E-state index contributed by atoms with van der Waals surface area (Å²) in [6, 6.07) is 22.8. The fourth-order valence-corrected chi connectivity index (χ4v) is 6.14. The van der Waals surface area contributed by atoms with E-state index in [1.54, 1.807) is 11.8 Å². The fourth-order valence-electron chi connectivity index (χ4n) is 4.40. The van der Waals surface area contributed by atoms with Crippen LogP contribution in [0.15, 0.2) is 83.1 Å². The van der Waals surface area contributed by atoms with Crippen LogP contribution < -0.4 is 15.5 Å². The summed E-state index contributed by atoms with van der Waals surface area (Å²) < 4.78 is 0. The van der Waals surface area contributed by atoms with Crippen LogP contribution in [0.4, 0.5) is 17.1 Å². The molecule has 2 unspecified atom stereocenters. The highest BCUT2D eigenvalue weighted by atomic mass is 32.2. The van der Waals surface area contributed by atoms with Gasteiger partial charge in [0.15, 0.2) is 0 Å². The summed E-state index contributed by atoms with van der Waals surface area (Å²) in [5.41, 5.74) is 5.76. The zero-order valence-corrected chi connectivity index (χ0v) is 24.3. The van der Waals surface area contributed by atoms with Gasteiger partial charge in [0.2, 0.25) is 0 Å². The second-order valence-electron chi connectivity index (χ2n) is 9.50. The lowest BCUT2D eigenvalue weighted by Crippen LogP contribution is -2.44. The molecule has 1 saturated heterocycles. The molecule has 6 nitrogen and oxygen atoms in total. The van der Waals surface area contributed by atoms with Crippen LogP contribution in [0.2, 0.25) is 0 Å². The van der Waals surface area contributed by atoms with E-state index < -0.39 is 6.10 Å². The molecule has 1 fully saturated rings. The van der Waals surface area contributed by atoms with Gasteiger partial charge >= 0.3 is 0 Å². The van der Waals surface area contributed by atoms with Crippen molar-refractivity contribution in [3.05, 3.63) is 84.4 Å². The maximum atomic E-state index is 10.2. The number of hydrogen-bond donors (Lipinski definition) is 3. The van der Waals surface area contributed by atoms with Crippen molar-refractivity contribution in [3.8, 4) is 0 Å². The predicted octanol–water partition coefficient (Wildman–Crippen LogP) is 6.42. The number of aldehydes is 1. The SMILES string of the molecule is C=Cc1ccc(NC2Nc3ccc(N4CCN(C)CC4)cc3S2)cc1.CCSc1ccc(C(O)CC=O)cc1. The number of piperazine rings is 1. The lowest BCUT2D eigenvalue weighted by molar-refractivity contribution is -0.109. The van der Waals surface area contributed by atoms with Crippen molar-refractivity contribution in [2.75, 3.05) is 54.5 Å². The first-order valence-electron chi connectivity index (χ1n) is 13.3. The van der Waals surface area contributed by atoms with Gasteiger partial charge < -0.3 is 30.3 Å². The van der Waals surface area contributed by atoms with Crippen LogP contribution in [-0.2, 0) is 4.79 Å². The molecule has 0 radical (unpaired) electrons. The summed E-state index contributed by atoms with van der Waals surface area (Å²) in [5, 5.41) is 16.6. The third-order valence-electron chi connectivity index (χ3n) is 6.70. The van der Waals surface area contributed by atoms with Crippen molar-refractivity contribution in [2.24, 2.45) is 0 Å². The number of nitrogens with zero attached hydrogens (tertiary/aromatic N) is 2. The number of aliphatic hydroxyl groups is 1. The van der Waals surface area contributed by atoms with E-state index in [1.807, 2.05) is 42.1 Å². The number of benzene rings is 3. The molecule has 0 aromatic heterocycles. The molecule has 0 saturated carbocycles. The number of likely N-dealkylation sites (N-methyl/N-ethyl adjacent to an activating group) is 1. The quantitative estimate of drug-likeness (QED) is 0.204. The van der Waals surface area contributed by atoms with Gasteiger partial charge in [0.05, 0.1) is 11.8 Å². The summed E-state index contributed by atoms with van der Waals surface area (Å²) in [7, 11) is 2.19. The first-order chi connectivity index (χ1) is 19.0. The van der Waals surface area contributed by atoms with E-state index in [4.69, 9.17) is 0 Å². The molecule has 5 rings (SSSR count). The molecule has 3 N–H and O–H groups in total. The summed E-state index contributed by atoms with van der Waals surface area (Å²) in [5.74, 6) is 1.04. The monoisotopic (exact) mass is 562 g/mol. The molecule has 2 atom stereocenters. The van der Waals surface area contributed by atoms with Crippen LogP contribution in [0.1, 0.15) is 30.6 Å². The van der Waals surface area contributed by atoms with E-state index in [0.29, 0.717) is 0 Å². The Labute approximate surface area is 240 Å². The van der Waals surface area contributed by atoms with E-state index in [9.17, 15) is 9.90 Å². The smallest absolute Gasteiger partial charge is 0.150 e. The Kier molecular flexibility index (Phi) is 10.8. The summed E-state index contributed by atoms with van der Waals surface area (Å²) in [6.07, 6.45) is 2.11. The van der Waals surface area contributed by atoms with Crippen molar-refractivity contribution >= 4 is 52.9 Å². The number of hydrogen-bond acceptors (Lipinski definition) is 8. The zero-order valence-electron chi connectivity index (χ0n) is 22.7. The first-order valence-corrected chi connectivity index (χ1v) is 15.2. The third-order valence-corrected chi connectivity index (χ3v) is 8.66. The van der Waals surface area contributed by atoms with Gasteiger partial charge in [-0.3, -0.25) is 0 Å². The second-order valence-corrected chi connectivity index (χ2v) is 12.0. The average molecular weight is 563 g/mol. The van der Waals surface area contributed by atoms with Crippen LogP contribution in [0, 0.1) is 0 Å². The average Bonchev–Trinajstić information content (AvgIpc) is 3.36. The van der Waals surface area contributed by atoms with Crippen molar-refractivity contribution in [2.45, 2.75) is 34.7 Å². The minimum atomic E-state index is -0.659. The molecule has 3 aromatic carbocycles. The van der Waals surface area contributed by atoms with Gasteiger partial charge in [-0.1, -0.05) is 55.6 Å². The molecule has 0 bridgehead atoms. The van der Waals surface area contributed by atoms with E-state index in [1.165, 1.54) is 21.2 Å². The second kappa shape index (κ2) is 14.5. The number of thioether (sulfide) groups is 2. The standard InChI is InChI=1S/C20H24N4S.C11H14O2S/c1-3-15-4-6-16(7-5-15)21-20-22-18-9-8-17(14-19(18)25-20)24-12-10-23(2)11-13-24;1-2-14-10-5-3-9(4-6-10)11(13)7-8-12/h3-9,14,20-22H,1,10-13H2,2H3;3-6,8,11,13H,2,7H2,1H3. The maximum absolute atomic E-state index is 10.2. The highest BCUT2D eigenvalue weighted by Gasteiger charge is 2.23. The molecule has 0 amide bonds. The zero-order chi connectivity index (χ0) is 27.6. The Hall–Kier alpha value is -2.91. The van der Waals surface area contributed by atoms with E-state index in [-0.39, 0.29) is 11.9 Å². The van der Waals surface area contributed by atoms with E-state index >= 15 is 0 Å². The predicted molar refractivity (Wildman–Crippen MR) is 168 cm³/mol. The van der Waals surface area contributed by atoms with Crippen molar-refractivity contribution in [1.29, 1.82) is 0 Å². The molecule has 0 spiro atoms. The highest BCUT2D eigenvalue weighted by Crippen LogP contribution is 2.41.